The molecule has 1 unspecified atom stereocenters. The summed E-state index contributed by atoms with van der Waals surface area (Å²) < 4.78 is 0. The van der Waals surface area contributed by atoms with Crippen LogP contribution in [0.25, 0.3) is 0 Å². The van der Waals surface area contributed by atoms with Gasteiger partial charge in [0, 0.05) is 19.1 Å². The predicted molar refractivity (Wildman–Crippen MR) is 84.7 cm³/mol. The van der Waals surface area contributed by atoms with Crippen LogP contribution >= 0.6 is 0 Å². The van der Waals surface area contributed by atoms with E-state index in [0.717, 1.165) is 32.0 Å². The SMILES string of the molecule is CC1(C)C(CNCC2Cc3ccccc3CN2)C1(C)C. The molecular formula is C18H28N2. The zero-order chi connectivity index (χ0) is 14.4. The lowest BCUT2D eigenvalue weighted by Gasteiger charge is -2.26. The highest BCUT2D eigenvalue weighted by atomic mass is 15.0. The molecule has 0 spiro atoms. The van der Waals surface area contributed by atoms with Gasteiger partial charge >= 0.3 is 0 Å². The maximum absolute atomic E-state index is 3.70. The van der Waals surface area contributed by atoms with Crippen LogP contribution in [0.4, 0.5) is 0 Å². The smallest absolute Gasteiger partial charge is 0.0236 e. The summed E-state index contributed by atoms with van der Waals surface area (Å²) in [5.41, 5.74) is 3.97. The van der Waals surface area contributed by atoms with Crippen LogP contribution in [0, 0.1) is 16.7 Å². The topological polar surface area (TPSA) is 24.1 Å². The first-order chi connectivity index (χ1) is 9.43. The minimum absolute atomic E-state index is 0.493. The Balaban J connectivity index is 1.47. The third-order valence-corrected chi connectivity index (χ3v) is 6.22. The van der Waals surface area contributed by atoms with E-state index in [2.05, 4.69) is 62.6 Å². The molecule has 2 aliphatic rings. The molecule has 3 rings (SSSR count). The van der Waals surface area contributed by atoms with E-state index >= 15 is 0 Å². The molecule has 0 saturated heterocycles. The van der Waals surface area contributed by atoms with Gasteiger partial charge < -0.3 is 10.6 Å². The number of hydrogen-bond acceptors (Lipinski definition) is 2. The summed E-state index contributed by atoms with van der Waals surface area (Å²) in [6.45, 7) is 12.8. The fourth-order valence-electron chi connectivity index (χ4n) is 3.91. The highest BCUT2D eigenvalue weighted by Crippen LogP contribution is 2.67. The van der Waals surface area contributed by atoms with Gasteiger partial charge in [-0.2, -0.15) is 0 Å². The summed E-state index contributed by atoms with van der Waals surface area (Å²) in [6.07, 6.45) is 1.15. The third-order valence-electron chi connectivity index (χ3n) is 6.22. The van der Waals surface area contributed by atoms with Gasteiger partial charge in [-0.3, -0.25) is 0 Å². The van der Waals surface area contributed by atoms with Gasteiger partial charge in [0.15, 0.2) is 0 Å². The van der Waals surface area contributed by atoms with Crippen LogP contribution < -0.4 is 10.6 Å². The summed E-state index contributed by atoms with van der Waals surface area (Å²) in [7, 11) is 0. The molecule has 1 atom stereocenters. The van der Waals surface area contributed by atoms with Gasteiger partial charge in [0.1, 0.15) is 0 Å². The van der Waals surface area contributed by atoms with E-state index in [1.54, 1.807) is 0 Å². The van der Waals surface area contributed by atoms with Crippen molar-refractivity contribution in [3.05, 3.63) is 35.4 Å². The summed E-state index contributed by atoms with van der Waals surface area (Å²) in [5, 5.41) is 7.34. The number of nitrogens with one attached hydrogen (secondary N) is 2. The lowest BCUT2D eigenvalue weighted by atomic mass is 9.96. The van der Waals surface area contributed by atoms with E-state index in [4.69, 9.17) is 0 Å². The molecule has 0 amide bonds. The predicted octanol–water partition coefficient (Wildman–Crippen LogP) is 2.97. The monoisotopic (exact) mass is 272 g/mol. The van der Waals surface area contributed by atoms with Crippen molar-refractivity contribution in [2.45, 2.75) is 46.7 Å². The average Bonchev–Trinajstić information content (AvgIpc) is 2.81. The Morgan fingerprint density at radius 1 is 1.05 bits per heavy atom. The van der Waals surface area contributed by atoms with Gasteiger partial charge in [-0.15, -0.1) is 0 Å². The molecule has 1 fully saturated rings. The molecule has 1 saturated carbocycles. The summed E-state index contributed by atoms with van der Waals surface area (Å²) in [4.78, 5) is 0. The van der Waals surface area contributed by atoms with Crippen LogP contribution in [0.5, 0.6) is 0 Å². The molecule has 1 aromatic rings. The van der Waals surface area contributed by atoms with E-state index in [1.807, 2.05) is 0 Å². The Bertz CT molecular complexity index is 476. The first kappa shape index (κ1) is 14.1. The maximum Gasteiger partial charge on any atom is 0.0236 e. The van der Waals surface area contributed by atoms with Gasteiger partial charge in [0.25, 0.3) is 0 Å². The van der Waals surface area contributed by atoms with Crippen molar-refractivity contribution in [3.63, 3.8) is 0 Å². The first-order valence-corrected chi connectivity index (χ1v) is 7.94. The summed E-state index contributed by atoms with van der Waals surface area (Å²) in [6, 6.07) is 9.38. The second-order valence-electron chi connectivity index (χ2n) is 7.70. The Labute approximate surface area is 123 Å². The lowest BCUT2D eigenvalue weighted by molar-refractivity contribution is 0.430. The Kier molecular flexibility index (Phi) is 3.42. The first-order valence-electron chi connectivity index (χ1n) is 7.94. The normalized spacial score (nSPS) is 27.1. The lowest BCUT2D eigenvalue weighted by Crippen LogP contribution is -2.43. The number of rotatable bonds is 4. The van der Waals surface area contributed by atoms with E-state index in [1.165, 1.54) is 11.1 Å². The van der Waals surface area contributed by atoms with Gasteiger partial charge in [-0.25, -0.2) is 0 Å². The maximum atomic E-state index is 3.70. The number of fused-ring (bicyclic) bond motifs is 1. The van der Waals surface area contributed by atoms with Crippen LogP contribution in [0.2, 0.25) is 0 Å². The number of benzene rings is 1. The standard InChI is InChI=1S/C18H28N2/c1-17(2)16(18(17,3)4)12-19-11-15-9-13-7-5-6-8-14(13)10-20-15/h5-8,15-16,19-20H,9-12H2,1-4H3. The molecule has 1 aromatic carbocycles. The zero-order valence-corrected chi connectivity index (χ0v) is 13.3. The second kappa shape index (κ2) is 4.85. The van der Waals surface area contributed by atoms with Crippen molar-refractivity contribution in [1.82, 2.24) is 10.6 Å². The molecule has 0 aromatic heterocycles. The van der Waals surface area contributed by atoms with Gasteiger partial charge in [-0.05, 0) is 40.8 Å². The molecule has 0 bridgehead atoms. The van der Waals surface area contributed by atoms with Crippen molar-refractivity contribution in [2.75, 3.05) is 13.1 Å². The molecular weight excluding hydrogens is 244 g/mol. The Morgan fingerprint density at radius 3 is 2.35 bits per heavy atom. The molecule has 2 nitrogen and oxygen atoms in total. The van der Waals surface area contributed by atoms with Crippen molar-refractivity contribution in [3.8, 4) is 0 Å². The minimum atomic E-state index is 0.493. The Morgan fingerprint density at radius 2 is 1.70 bits per heavy atom. The Hall–Kier alpha value is -0.860. The fraction of sp³-hybridized carbons (Fsp3) is 0.667. The molecule has 2 N–H and O–H groups in total. The molecule has 1 aliphatic carbocycles. The third kappa shape index (κ3) is 2.29. The number of hydrogen-bond donors (Lipinski definition) is 2. The average molecular weight is 272 g/mol. The van der Waals surface area contributed by atoms with E-state index in [9.17, 15) is 0 Å². The molecule has 1 heterocycles. The van der Waals surface area contributed by atoms with E-state index in [-0.39, 0.29) is 0 Å². The largest absolute Gasteiger partial charge is 0.315 e. The van der Waals surface area contributed by atoms with Crippen LogP contribution in [0.3, 0.4) is 0 Å². The second-order valence-corrected chi connectivity index (χ2v) is 7.70. The van der Waals surface area contributed by atoms with Crippen LogP contribution in [-0.4, -0.2) is 19.1 Å². The molecule has 1 aliphatic heterocycles. The molecule has 0 radical (unpaired) electrons. The van der Waals surface area contributed by atoms with E-state index in [0.29, 0.717) is 16.9 Å². The van der Waals surface area contributed by atoms with Crippen LogP contribution in [0.15, 0.2) is 24.3 Å². The molecule has 20 heavy (non-hydrogen) atoms. The van der Waals surface area contributed by atoms with E-state index < -0.39 is 0 Å². The van der Waals surface area contributed by atoms with Crippen molar-refractivity contribution < 1.29 is 0 Å². The van der Waals surface area contributed by atoms with Crippen LogP contribution in [-0.2, 0) is 13.0 Å². The minimum Gasteiger partial charge on any atom is -0.315 e. The summed E-state index contributed by atoms with van der Waals surface area (Å²) >= 11 is 0. The summed E-state index contributed by atoms with van der Waals surface area (Å²) in [5.74, 6) is 0.811. The van der Waals surface area contributed by atoms with Crippen molar-refractivity contribution >= 4 is 0 Å². The van der Waals surface area contributed by atoms with Gasteiger partial charge in [-0.1, -0.05) is 52.0 Å². The van der Waals surface area contributed by atoms with Crippen LogP contribution in [0.1, 0.15) is 38.8 Å². The van der Waals surface area contributed by atoms with Gasteiger partial charge in [0.05, 0.1) is 0 Å². The zero-order valence-electron chi connectivity index (χ0n) is 13.3. The fourth-order valence-corrected chi connectivity index (χ4v) is 3.91. The highest BCUT2D eigenvalue weighted by Gasteiger charge is 2.63. The molecule has 110 valence electrons. The quantitative estimate of drug-likeness (QED) is 0.880. The highest BCUT2D eigenvalue weighted by molar-refractivity contribution is 5.30. The van der Waals surface area contributed by atoms with Gasteiger partial charge in [0.2, 0.25) is 0 Å². The van der Waals surface area contributed by atoms with Crippen molar-refractivity contribution in [2.24, 2.45) is 16.7 Å². The molecule has 2 heteroatoms. The van der Waals surface area contributed by atoms with Crippen molar-refractivity contribution in [1.29, 1.82) is 0 Å².